The van der Waals surface area contributed by atoms with E-state index in [0.29, 0.717) is 54.8 Å². The van der Waals surface area contributed by atoms with Crippen molar-refractivity contribution in [3.8, 4) is 28.8 Å². The fourth-order valence-corrected chi connectivity index (χ4v) is 9.51. The summed E-state index contributed by atoms with van der Waals surface area (Å²) in [6.45, 7) is 6.91. The fraction of sp³-hybridized carbons (Fsp3) is 0.500. The van der Waals surface area contributed by atoms with Crippen LogP contribution in [0, 0.1) is 16.7 Å². The number of pyridine rings is 3. The molecule has 1 spiro atoms. The number of nitrogens with one attached hydrogen (secondary N) is 1. The molecule has 2 bridgehead atoms. The molecule has 10 rings (SSSR count). The van der Waals surface area contributed by atoms with Crippen LogP contribution < -0.4 is 31.2 Å². The molecule has 4 atom stereocenters. The molecule has 0 aromatic carbocycles. The number of amides is 1. The van der Waals surface area contributed by atoms with Crippen molar-refractivity contribution in [3.63, 3.8) is 0 Å². The minimum Gasteiger partial charge on any atom is -0.492 e. The van der Waals surface area contributed by atoms with Crippen molar-refractivity contribution in [2.45, 2.75) is 88.6 Å². The molecule has 1 amide bonds. The summed E-state index contributed by atoms with van der Waals surface area (Å²) in [5.41, 5.74) is 16.6. The number of piperidine rings is 1. The molecule has 5 aliphatic rings. The van der Waals surface area contributed by atoms with Gasteiger partial charge in [0.25, 0.3) is 0 Å². The van der Waals surface area contributed by atoms with Gasteiger partial charge in [-0.1, -0.05) is 6.07 Å². The lowest BCUT2D eigenvalue weighted by atomic mass is 9.87. The number of nitrogens with zero attached hydrogens (tertiary/aromatic N) is 10. The van der Waals surface area contributed by atoms with E-state index in [0.717, 1.165) is 100 Å². The van der Waals surface area contributed by atoms with Crippen LogP contribution in [0.4, 0.5) is 11.8 Å². The van der Waals surface area contributed by atoms with Gasteiger partial charge in [0.05, 0.1) is 43.2 Å². The average molecular weight is 814 g/mol. The van der Waals surface area contributed by atoms with Crippen LogP contribution in [0.5, 0.6) is 11.6 Å². The van der Waals surface area contributed by atoms with Gasteiger partial charge in [0, 0.05) is 105 Å². The SMILES string of the molecule is COc1ccc(CN2C3CC2CN(c2ccc(-c4cc(OCCCCCN5C[C@H](NC(=O)[C@@H](N)CCCn6ccnc6N)C6(CC6)C5)cn5ncc(C#N)c45)cn2)C3)cn1. The molecule has 4 aliphatic heterocycles. The van der Waals surface area contributed by atoms with Gasteiger partial charge in [-0.15, -0.1) is 0 Å². The Labute approximate surface area is 350 Å². The van der Waals surface area contributed by atoms with Crippen LogP contribution in [-0.4, -0.2) is 115 Å². The summed E-state index contributed by atoms with van der Waals surface area (Å²) in [4.78, 5) is 33.8. The number of carbonyl (C=O) groups excluding carboxylic acids is 1. The number of fused-ring (bicyclic) bond motifs is 3. The van der Waals surface area contributed by atoms with E-state index in [9.17, 15) is 10.1 Å². The first-order chi connectivity index (χ1) is 29.3. The largest absolute Gasteiger partial charge is 0.492 e. The lowest BCUT2D eigenvalue weighted by molar-refractivity contribution is -0.123. The van der Waals surface area contributed by atoms with Gasteiger partial charge in [0.15, 0.2) is 5.95 Å². The van der Waals surface area contributed by atoms with Crippen LogP contribution in [0.15, 0.2) is 67.5 Å². The van der Waals surface area contributed by atoms with Gasteiger partial charge in [-0.3, -0.25) is 9.69 Å². The minimum absolute atomic E-state index is 0.0569. The van der Waals surface area contributed by atoms with Gasteiger partial charge in [0.1, 0.15) is 17.6 Å². The number of hydrogen-bond donors (Lipinski definition) is 3. The maximum absolute atomic E-state index is 13.0. The first kappa shape index (κ1) is 39.7. The Morgan fingerprint density at radius 1 is 1.03 bits per heavy atom. The molecule has 16 nitrogen and oxygen atoms in total. The van der Waals surface area contributed by atoms with Gasteiger partial charge < -0.3 is 40.6 Å². The second-order valence-corrected chi connectivity index (χ2v) is 17.1. The fourth-order valence-electron chi connectivity index (χ4n) is 9.51. The number of aromatic nitrogens is 6. The van der Waals surface area contributed by atoms with Crippen molar-refractivity contribution in [2.75, 3.05) is 57.1 Å². The van der Waals surface area contributed by atoms with Crippen molar-refractivity contribution >= 4 is 23.2 Å². The van der Waals surface area contributed by atoms with Crippen LogP contribution in [0.2, 0.25) is 0 Å². The van der Waals surface area contributed by atoms with E-state index in [1.54, 1.807) is 24.0 Å². The van der Waals surface area contributed by atoms with Crippen molar-refractivity contribution in [1.82, 2.24) is 44.2 Å². The van der Waals surface area contributed by atoms with E-state index in [-0.39, 0.29) is 17.4 Å². The third-order valence-corrected chi connectivity index (χ3v) is 13.1. The topological polar surface area (TPSA) is 194 Å². The number of hydrogen-bond acceptors (Lipinski definition) is 13. The Hall–Kier alpha value is -5.76. The molecule has 0 radical (unpaired) electrons. The number of piperazine rings is 1. The number of rotatable bonds is 18. The van der Waals surface area contributed by atoms with Gasteiger partial charge >= 0.3 is 0 Å². The number of ether oxygens (including phenoxy) is 2. The van der Waals surface area contributed by atoms with Crippen molar-refractivity contribution in [2.24, 2.45) is 11.1 Å². The molecular formula is C44H55N13O3. The molecule has 2 unspecified atom stereocenters. The van der Waals surface area contributed by atoms with Crippen molar-refractivity contribution < 1.29 is 14.3 Å². The van der Waals surface area contributed by atoms with Gasteiger partial charge in [0.2, 0.25) is 11.8 Å². The summed E-state index contributed by atoms with van der Waals surface area (Å²) in [6.07, 6.45) is 18.7. The number of methoxy groups -OCH3 is 1. The van der Waals surface area contributed by atoms with Crippen molar-refractivity contribution in [1.29, 1.82) is 5.26 Å². The molecule has 5 fully saturated rings. The number of imidazole rings is 1. The standard InChI is InChI=1S/C44H55N13O3/c1-59-40-10-7-30(21-50-40)24-56-33-18-34(56)26-55(25-33)39-9-8-31(22-49-39)36-19-35(27-57-41(36)32(20-45)23-51-57)60-17-4-2-3-14-53-28-38(44(29-53)11-12-44)52-42(58)37(46)6-5-15-54-16-13-48-43(54)47/h7-10,13,16,19,21-23,27,33-34,37-38H,2-6,11-12,14-15,17-18,24-26,28-29,46H2,1H3,(H2,47,48)(H,52,58)/t33?,34?,37-,38-/m0/s1. The van der Waals surface area contributed by atoms with Gasteiger partial charge in [-0.2, -0.15) is 10.4 Å². The molecule has 16 heteroatoms. The van der Waals surface area contributed by atoms with Crippen LogP contribution in [0.3, 0.4) is 0 Å². The Morgan fingerprint density at radius 3 is 2.62 bits per heavy atom. The monoisotopic (exact) mass is 813 g/mol. The van der Waals surface area contributed by atoms with Crippen LogP contribution in [0.25, 0.3) is 16.6 Å². The lowest BCUT2D eigenvalue weighted by Gasteiger charge is -2.56. The average Bonchev–Trinajstić information content (AvgIpc) is 3.55. The maximum Gasteiger partial charge on any atom is 0.237 e. The van der Waals surface area contributed by atoms with Gasteiger partial charge in [-0.05, 0) is 81.7 Å². The third kappa shape index (κ3) is 8.34. The molecule has 60 heavy (non-hydrogen) atoms. The number of nitriles is 1. The van der Waals surface area contributed by atoms with Gasteiger partial charge in [-0.25, -0.2) is 19.5 Å². The first-order valence-electron chi connectivity index (χ1n) is 21.3. The summed E-state index contributed by atoms with van der Waals surface area (Å²) < 4.78 is 15.1. The maximum atomic E-state index is 13.0. The number of carbonyl (C=O) groups is 1. The highest BCUT2D eigenvalue weighted by molar-refractivity contribution is 5.85. The molecule has 5 aromatic rings. The second kappa shape index (κ2) is 17.1. The third-order valence-electron chi connectivity index (χ3n) is 13.1. The zero-order valence-corrected chi connectivity index (χ0v) is 34.3. The summed E-state index contributed by atoms with van der Waals surface area (Å²) in [5, 5.41) is 17.7. The highest BCUT2D eigenvalue weighted by atomic mass is 16.5. The van der Waals surface area contributed by atoms with E-state index >= 15 is 0 Å². The highest BCUT2D eigenvalue weighted by Crippen LogP contribution is 2.52. The molecular weight excluding hydrogens is 759 g/mol. The Balaban J connectivity index is 0.741. The summed E-state index contributed by atoms with van der Waals surface area (Å²) in [7, 11) is 1.64. The molecule has 1 aliphatic carbocycles. The molecule has 5 N–H and O–H groups in total. The zero-order chi connectivity index (χ0) is 41.2. The molecule has 314 valence electrons. The summed E-state index contributed by atoms with van der Waals surface area (Å²) in [6, 6.07) is 13.1. The quantitative estimate of drug-likeness (QED) is 0.108. The lowest BCUT2D eigenvalue weighted by Crippen LogP contribution is -2.68. The predicted octanol–water partition coefficient (Wildman–Crippen LogP) is 3.85. The number of anilines is 2. The Kier molecular flexibility index (Phi) is 11.3. The van der Waals surface area contributed by atoms with E-state index in [1.807, 2.05) is 41.5 Å². The van der Waals surface area contributed by atoms with Crippen LogP contribution in [-0.2, 0) is 17.9 Å². The van der Waals surface area contributed by atoms with E-state index in [2.05, 4.69) is 59.4 Å². The minimum atomic E-state index is -0.534. The number of nitrogens with two attached hydrogens (primary N) is 2. The second-order valence-electron chi connectivity index (χ2n) is 17.1. The van der Waals surface area contributed by atoms with Crippen molar-refractivity contribution in [3.05, 3.63) is 78.6 Å². The smallest absolute Gasteiger partial charge is 0.237 e. The van der Waals surface area contributed by atoms with E-state index < -0.39 is 6.04 Å². The van der Waals surface area contributed by atoms with Crippen LogP contribution >= 0.6 is 0 Å². The first-order valence-corrected chi connectivity index (χ1v) is 21.3. The summed E-state index contributed by atoms with van der Waals surface area (Å²) >= 11 is 0. The van der Waals surface area contributed by atoms with E-state index in [1.165, 1.54) is 12.0 Å². The number of likely N-dealkylation sites (tertiary alicyclic amines) is 1. The number of unbranched alkanes of at least 4 members (excludes halogenated alkanes) is 2. The molecule has 5 aromatic heterocycles. The molecule has 9 heterocycles. The Bertz CT molecular complexity index is 2300. The normalized spacial score (nSPS) is 21.1. The predicted molar refractivity (Wildman–Crippen MR) is 227 cm³/mol. The van der Waals surface area contributed by atoms with E-state index in [4.69, 9.17) is 25.9 Å². The number of aryl methyl sites for hydroxylation is 1. The Morgan fingerprint density at radius 2 is 1.90 bits per heavy atom. The number of nitrogen functional groups attached to an aromatic ring is 1. The zero-order valence-electron chi connectivity index (χ0n) is 34.3. The highest BCUT2D eigenvalue weighted by Gasteiger charge is 2.55. The molecule has 1 saturated carbocycles. The van der Waals surface area contributed by atoms with Crippen LogP contribution in [0.1, 0.15) is 62.5 Å². The summed E-state index contributed by atoms with van der Waals surface area (Å²) in [5.74, 6) is 2.72. The molecule has 4 saturated heterocycles.